The van der Waals surface area contributed by atoms with Crippen molar-refractivity contribution < 1.29 is 4.52 Å². The summed E-state index contributed by atoms with van der Waals surface area (Å²) < 4.78 is 5.15. The summed E-state index contributed by atoms with van der Waals surface area (Å²) in [6.07, 6.45) is 6.00. The largest absolute Gasteiger partial charge is 0.338 e. The number of hydrogen-bond acceptors (Lipinski definition) is 5. The van der Waals surface area contributed by atoms with Gasteiger partial charge in [0.05, 0.1) is 6.04 Å². The van der Waals surface area contributed by atoms with E-state index in [2.05, 4.69) is 22.0 Å². The Bertz CT molecular complexity index is 455. The first kappa shape index (κ1) is 11.7. The molecule has 0 saturated carbocycles. The van der Waals surface area contributed by atoms with E-state index in [-0.39, 0.29) is 6.04 Å². The number of rotatable bonds is 5. The third-order valence-corrected chi connectivity index (χ3v) is 2.51. The minimum Gasteiger partial charge on any atom is -0.338 e. The average molecular weight is 232 g/mol. The smallest absolute Gasteiger partial charge is 0.243 e. The molecule has 0 bridgehead atoms. The van der Waals surface area contributed by atoms with Gasteiger partial charge in [-0.25, -0.2) is 0 Å². The second kappa shape index (κ2) is 5.54. The molecule has 2 heterocycles. The normalized spacial score (nSPS) is 12.6. The van der Waals surface area contributed by atoms with Crippen LogP contribution in [0.15, 0.2) is 29.0 Å². The van der Waals surface area contributed by atoms with Crippen molar-refractivity contribution in [1.29, 1.82) is 0 Å². The molecule has 0 unspecified atom stereocenters. The van der Waals surface area contributed by atoms with Crippen molar-refractivity contribution in [3.8, 4) is 0 Å². The van der Waals surface area contributed by atoms with Crippen molar-refractivity contribution in [2.24, 2.45) is 5.73 Å². The summed E-state index contributed by atoms with van der Waals surface area (Å²) in [5.41, 5.74) is 7.01. The number of aromatic nitrogens is 3. The van der Waals surface area contributed by atoms with E-state index in [1.807, 2.05) is 12.1 Å². The van der Waals surface area contributed by atoms with Crippen molar-refractivity contribution in [3.63, 3.8) is 0 Å². The predicted octanol–water partition coefficient (Wildman–Crippen LogP) is 1.86. The van der Waals surface area contributed by atoms with Gasteiger partial charge in [0.2, 0.25) is 5.89 Å². The lowest BCUT2D eigenvalue weighted by Gasteiger charge is -2.02. The van der Waals surface area contributed by atoms with Crippen molar-refractivity contribution in [1.82, 2.24) is 15.1 Å². The highest BCUT2D eigenvalue weighted by atomic mass is 16.5. The highest BCUT2D eigenvalue weighted by molar-refractivity contribution is 5.14. The molecule has 5 nitrogen and oxygen atoms in total. The number of pyridine rings is 1. The van der Waals surface area contributed by atoms with Crippen molar-refractivity contribution in [3.05, 3.63) is 41.8 Å². The van der Waals surface area contributed by atoms with Crippen LogP contribution < -0.4 is 5.73 Å². The topological polar surface area (TPSA) is 77.8 Å². The second-order valence-electron chi connectivity index (χ2n) is 3.98. The van der Waals surface area contributed by atoms with Crippen molar-refractivity contribution in [2.45, 2.75) is 32.2 Å². The zero-order chi connectivity index (χ0) is 12.1. The molecule has 17 heavy (non-hydrogen) atoms. The van der Waals surface area contributed by atoms with Crippen LogP contribution in [0.5, 0.6) is 0 Å². The van der Waals surface area contributed by atoms with E-state index in [1.54, 1.807) is 12.4 Å². The van der Waals surface area contributed by atoms with E-state index >= 15 is 0 Å². The Morgan fingerprint density at radius 3 is 2.82 bits per heavy atom. The van der Waals surface area contributed by atoms with Gasteiger partial charge < -0.3 is 10.3 Å². The minimum absolute atomic E-state index is 0.154. The van der Waals surface area contributed by atoms with Crippen LogP contribution in [0.2, 0.25) is 0 Å². The van der Waals surface area contributed by atoms with Gasteiger partial charge in [-0.3, -0.25) is 4.98 Å². The molecule has 0 amide bonds. The summed E-state index contributed by atoms with van der Waals surface area (Å²) in [6, 6.07) is 3.71. The van der Waals surface area contributed by atoms with Crippen LogP contribution in [0.3, 0.4) is 0 Å². The minimum atomic E-state index is -0.154. The SMILES string of the molecule is CCC[C@@H](N)c1nc(Cc2ccncc2)no1. The summed E-state index contributed by atoms with van der Waals surface area (Å²) in [7, 11) is 0. The lowest BCUT2D eigenvalue weighted by molar-refractivity contribution is 0.345. The van der Waals surface area contributed by atoms with Gasteiger partial charge in [0.25, 0.3) is 0 Å². The Hall–Kier alpha value is -1.75. The molecule has 0 saturated heterocycles. The van der Waals surface area contributed by atoms with E-state index in [9.17, 15) is 0 Å². The molecular weight excluding hydrogens is 216 g/mol. The molecule has 90 valence electrons. The van der Waals surface area contributed by atoms with Gasteiger partial charge in [-0.1, -0.05) is 18.5 Å². The van der Waals surface area contributed by atoms with Gasteiger partial charge in [-0.15, -0.1) is 0 Å². The third kappa shape index (κ3) is 3.10. The molecule has 1 atom stereocenters. The van der Waals surface area contributed by atoms with Gasteiger partial charge in [-0.05, 0) is 24.1 Å². The third-order valence-electron chi connectivity index (χ3n) is 2.51. The summed E-state index contributed by atoms with van der Waals surface area (Å²) in [5, 5.41) is 3.93. The Balaban J connectivity index is 2.04. The summed E-state index contributed by atoms with van der Waals surface area (Å²) in [5.74, 6) is 1.19. The van der Waals surface area contributed by atoms with Gasteiger partial charge in [0, 0.05) is 18.8 Å². The van der Waals surface area contributed by atoms with Crippen LogP contribution in [-0.4, -0.2) is 15.1 Å². The van der Waals surface area contributed by atoms with Gasteiger partial charge in [0.1, 0.15) is 0 Å². The highest BCUT2D eigenvalue weighted by Gasteiger charge is 2.13. The molecule has 0 radical (unpaired) electrons. The second-order valence-corrected chi connectivity index (χ2v) is 3.98. The van der Waals surface area contributed by atoms with Gasteiger partial charge >= 0.3 is 0 Å². The molecule has 0 fully saturated rings. The van der Waals surface area contributed by atoms with Crippen LogP contribution in [-0.2, 0) is 6.42 Å². The fraction of sp³-hybridized carbons (Fsp3) is 0.417. The zero-order valence-electron chi connectivity index (χ0n) is 9.84. The van der Waals surface area contributed by atoms with Crippen LogP contribution >= 0.6 is 0 Å². The molecule has 0 aliphatic heterocycles. The first-order chi connectivity index (χ1) is 8.29. The zero-order valence-corrected chi connectivity index (χ0v) is 9.84. The maximum Gasteiger partial charge on any atom is 0.243 e. The van der Waals surface area contributed by atoms with Crippen molar-refractivity contribution >= 4 is 0 Å². The molecule has 5 heteroatoms. The first-order valence-corrected chi connectivity index (χ1v) is 5.76. The van der Waals surface area contributed by atoms with Gasteiger partial charge in [-0.2, -0.15) is 4.98 Å². The van der Waals surface area contributed by atoms with Crippen LogP contribution in [0.25, 0.3) is 0 Å². The predicted molar refractivity (Wildman–Crippen MR) is 63.2 cm³/mol. The van der Waals surface area contributed by atoms with E-state index in [0.717, 1.165) is 18.4 Å². The van der Waals surface area contributed by atoms with E-state index in [4.69, 9.17) is 10.3 Å². The Kier molecular flexibility index (Phi) is 3.82. The maximum atomic E-state index is 5.91. The van der Waals surface area contributed by atoms with Crippen LogP contribution in [0.1, 0.15) is 43.1 Å². The Labute approximate surface area is 100 Å². The Morgan fingerprint density at radius 2 is 2.12 bits per heavy atom. The fourth-order valence-electron chi connectivity index (χ4n) is 1.61. The summed E-state index contributed by atoms with van der Waals surface area (Å²) in [4.78, 5) is 8.26. The van der Waals surface area contributed by atoms with E-state index < -0.39 is 0 Å². The molecular formula is C12H16N4O. The monoisotopic (exact) mass is 232 g/mol. The quantitative estimate of drug-likeness (QED) is 0.851. The molecule has 2 aromatic heterocycles. The summed E-state index contributed by atoms with van der Waals surface area (Å²) >= 11 is 0. The number of nitrogens with two attached hydrogens (primary N) is 1. The molecule has 2 aromatic rings. The lowest BCUT2D eigenvalue weighted by atomic mass is 10.2. The molecule has 2 N–H and O–H groups in total. The van der Waals surface area contributed by atoms with Crippen molar-refractivity contribution in [2.75, 3.05) is 0 Å². The highest BCUT2D eigenvalue weighted by Crippen LogP contribution is 2.14. The fourth-order valence-corrected chi connectivity index (χ4v) is 1.61. The molecule has 2 rings (SSSR count). The number of hydrogen-bond donors (Lipinski definition) is 1. The molecule has 0 spiro atoms. The molecule has 0 aliphatic carbocycles. The standard InChI is InChI=1S/C12H16N4O/c1-2-3-10(13)12-15-11(16-17-12)8-9-4-6-14-7-5-9/h4-7,10H,2-3,8,13H2,1H3/t10-/m1/s1. The van der Waals surface area contributed by atoms with Crippen LogP contribution in [0.4, 0.5) is 0 Å². The van der Waals surface area contributed by atoms with Crippen LogP contribution in [0, 0.1) is 0 Å². The maximum absolute atomic E-state index is 5.91. The molecule has 0 aliphatic rings. The number of nitrogens with zero attached hydrogens (tertiary/aromatic N) is 3. The average Bonchev–Trinajstić information content (AvgIpc) is 2.79. The first-order valence-electron chi connectivity index (χ1n) is 5.76. The van der Waals surface area contributed by atoms with Gasteiger partial charge in [0.15, 0.2) is 5.82 Å². The summed E-state index contributed by atoms with van der Waals surface area (Å²) in [6.45, 7) is 2.08. The Morgan fingerprint density at radius 1 is 1.35 bits per heavy atom. The van der Waals surface area contributed by atoms with E-state index in [1.165, 1.54) is 0 Å². The lowest BCUT2D eigenvalue weighted by Crippen LogP contribution is -2.10. The van der Waals surface area contributed by atoms with E-state index in [0.29, 0.717) is 18.1 Å². The molecule has 0 aromatic carbocycles.